The SMILES string of the molecule is OCC1OC(n2cnc3c(NCc4ccco4)ncnc32)CC1O. The number of rotatable bonds is 5. The molecule has 9 nitrogen and oxygen atoms in total. The van der Waals surface area contributed by atoms with Crippen molar-refractivity contribution in [2.45, 2.75) is 31.4 Å². The number of aliphatic hydroxyl groups excluding tert-OH is 2. The quantitative estimate of drug-likeness (QED) is 0.624. The van der Waals surface area contributed by atoms with Crippen LogP contribution < -0.4 is 5.32 Å². The largest absolute Gasteiger partial charge is 0.467 e. The molecule has 0 bridgehead atoms. The Morgan fingerprint density at radius 3 is 3.00 bits per heavy atom. The van der Waals surface area contributed by atoms with Gasteiger partial charge in [0.1, 0.15) is 24.4 Å². The molecule has 9 heteroatoms. The number of nitrogens with zero attached hydrogens (tertiary/aromatic N) is 4. The third kappa shape index (κ3) is 2.62. The fourth-order valence-corrected chi connectivity index (χ4v) is 2.83. The number of hydrogen-bond donors (Lipinski definition) is 3. The van der Waals surface area contributed by atoms with E-state index in [2.05, 4.69) is 20.3 Å². The molecular formula is C15H17N5O4. The van der Waals surface area contributed by atoms with Crippen LogP contribution in [0.4, 0.5) is 5.82 Å². The van der Waals surface area contributed by atoms with Crippen molar-refractivity contribution in [1.29, 1.82) is 0 Å². The normalized spacial score (nSPS) is 23.8. The lowest BCUT2D eigenvalue weighted by Gasteiger charge is -2.13. The van der Waals surface area contributed by atoms with Gasteiger partial charge in [-0.15, -0.1) is 0 Å². The number of ether oxygens (including phenoxy) is 1. The number of hydrogen-bond acceptors (Lipinski definition) is 8. The maximum atomic E-state index is 9.90. The average Bonchev–Trinajstić information content (AvgIpc) is 3.32. The van der Waals surface area contributed by atoms with Crippen LogP contribution in [0.25, 0.3) is 11.2 Å². The molecule has 1 saturated heterocycles. The zero-order valence-electron chi connectivity index (χ0n) is 12.7. The lowest BCUT2D eigenvalue weighted by Crippen LogP contribution is -2.24. The second kappa shape index (κ2) is 6.19. The van der Waals surface area contributed by atoms with Crippen LogP contribution in [0.2, 0.25) is 0 Å². The van der Waals surface area contributed by atoms with Crippen molar-refractivity contribution in [1.82, 2.24) is 19.5 Å². The highest BCUT2D eigenvalue weighted by Crippen LogP contribution is 2.31. The molecule has 3 N–H and O–H groups in total. The molecule has 4 heterocycles. The minimum Gasteiger partial charge on any atom is -0.467 e. The van der Waals surface area contributed by atoms with E-state index in [1.165, 1.54) is 6.33 Å². The van der Waals surface area contributed by atoms with Crippen molar-refractivity contribution < 1.29 is 19.4 Å². The van der Waals surface area contributed by atoms with Gasteiger partial charge in [-0.2, -0.15) is 0 Å². The highest BCUT2D eigenvalue weighted by atomic mass is 16.5. The molecule has 0 aromatic carbocycles. The van der Waals surface area contributed by atoms with Gasteiger partial charge in [0, 0.05) is 6.42 Å². The molecule has 3 aromatic heterocycles. The van der Waals surface area contributed by atoms with Gasteiger partial charge >= 0.3 is 0 Å². The summed E-state index contributed by atoms with van der Waals surface area (Å²) in [5, 5.41) is 22.3. The van der Waals surface area contributed by atoms with Crippen molar-refractivity contribution in [3.63, 3.8) is 0 Å². The third-order valence-electron chi connectivity index (χ3n) is 4.06. The van der Waals surface area contributed by atoms with E-state index in [0.717, 1.165) is 5.76 Å². The fraction of sp³-hybridized carbons (Fsp3) is 0.400. The van der Waals surface area contributed by atoms with Crippen LogP contribution in [0, 0.1) is 0 Å². The first-order valence-corrected chi connectivity index (χ1v) is 7.64. The Morgan fingerprint density at radius 1 is 1.33 bits per heavy atom. The molecular weight excluding hydrogens is 314 g/mol. The summed E-state index contributed by atoms with van der Waals surface area (Å²) in [7, 11) is 0. The summed E-state index contributed by atoms with van der Waals surface area (Å²) in [6, 6.07) is 3.69. The van der Waals surface area contributed by atoms with E-state index >= 15 is 0 Å². The number of nitrogens with one attached hydrogen (secondary N) is 1. The predicted molar refractivity (Wildman–Crippen MR) is 83.0 cm³/mol. The van der Waals surface area contributed by atoms with Gasteiger partial charge in [-0.3, -0.25) is 4.57 Å². The first-order chi connectivity index (χ1) is 11.8. The van der Waals surface area contributed by atoms with Crippen LogP contribution in [0.3, 0.4) is 0 Å². The van der Waals surface area contributed by atoms with Crippen molar-refractivity contribution in [2.75, 3.05) is 11.9 Å². The summed E-state index contributed by atoms with van der Waals surface area (Å²) >= 11 is 0. The number of fused-ring (bicyclic) bond motifs is 1. The van der Waals surface area contributed by atoms with E-state index in [4.69, 9.17) is 9.15 Å². The van der Waals surface area contributed by atoms with E-state index in [0.29, 0.717) is 29.9 Å². The summed E-state index contributed by atoms with van der Waals surface area (Å²) in [5.41, 5.74) is 1.21. The van der Waals surface area contributed by atoms with Crippen LogP contribution in [-0.4, -0.2) is 48.5 Å². The number of aliphatic hydroxyl groups is 2. The minimum absolute atomic E-state index is 0.227. The molecule has 1 aliphatic heterocycles. The van der Waals surface area contributed by atoms with Gasteiger partial charge in [-0.05, 0) is 12.1 Å². The zero-order chi connectivity index (χ0) is 16.5. The standard InChI is InChI=1S/C15H17N5O4/c21-6-11-10(22)4-12(24-11)20-8-19-13-14(17-7-18-15(13)20)16-5-9-2-1-3-23-9/h1-3,7-8,10-12,21-22H,4-6H2,(H,16,17,18). The highest BCUT2D eigenvalue weighted by molar-refractivity contribution is 5.82. The van der Waals surface area contributed by atoms with Crippen molar-refractivity contribution in [3.05, 3.63) is 36.8 Å². The molecule has 1 aliphatic rings. The van der Waals surface area contributed by atoms with Crippen molar-refractivity contribution in [2.24, 2.45) is 0 Å². The topological polar surface area (TPSA) is 118 Å². The van der Waals surface area contributed by atoms with Gasteiger partial charge < -0.3 is 24.7 Å². The van der Waals surface area contributed by atoms with Crippen LogP contribution in [0.5, 0.6) is 0 Å². The minimum atomic E-state index is -0.712. The Bertz CT molecular complexity index is 819. The molecule has 0 aliphatic carbocycles. The van der Waals surface area contributed by atoms with Gasteiger partial charge in [-0.25, -0.2) is 15.0 Å². The Balaban J connectivity index is 1.59. The van der Waals surface area contributed by atoms with Crippen molar-refractivity contribution in [3.8, 4) is 0 Å². The second-order valence-corrected chi connectivity index (χ2v) is 5.59. The van der Waals surface area contributed by atoms with E-state index in [9.17, 15) is 10.2 Å². The van der Waals surface area contributed by atoms with E-state index in [-0.39, 0.29) is 6.61 Å². The molecule has 0 spiro atoms. The molecule has 3 atom stereocenters. The molecule has 4 rings (SSSR count). The number of anilines is 1. The van der Waals surface area contributed by atoms with Gasteiger partial charge in [0.15, 0.2) is 17.0 Å². The lowest BCUT2D eigenvalue weighted by molar-refractivity contribution is -0.0432. The summed E-state index contributed by atoms with van der Waals surface area (Å²) in [5.74, 6) is 1.38. The molecule has 3 aromatic rings. The van der Waals surface area contributed by atoms with Crippen molar-refractivity contribution >= 4 is 17.0 Å². The van der Waals surface area contributed by atoms with Gasteiger partial charge in [0.25, 0.3) is 0 Å². The summed E-state index contributed by atoms with van der Waals surface area (Å²) < 4.78 is 12.7. The molecule has 0 amide bonds. The highest BCUT2D eigenvalue weighted by Gasteiger charge is 2.35. The summed E-state index contributed by atoms with van der Waals surface area (Å²) in [6.45, 7) is 0.256. The molecule has 24 heavy (non-hydrogen) atoms. The Labute approximate surface area is 136 Å². The maximum Gasteiger partial charge on any atom is 0.167 e. The first-order valence-electron chi connectivity index (χ1n) is 7.64. The van der Waals surface area contributed by atoms with Crippen LogP contribution in [-0.2, 0) is 11.3 Å². The summed E-state index contributed by atoms with van der Waals surface area (Å²) in [6.07, 6.45) is 3.31. The van der Waals surface area contributed by atoms with Crippen LogP contribution >= 0.6 is 0 Å². The molecule has 1 fully saturated rings. The summed E-state index contributed by atoms with van der Waals surface area (Å²) in [4.78, 5) is 12.9. The smallest absolute Gasteiger partial charge is 0.167 e. The average molecular weight is 331 g/mol. The monoisotopic (exact) mass is 331 g/mol. The number of furan rings is 1. The number of aromatic nitrogens is 4. The second-order valence-electron chi connectivity index (χ2n) is 5.59. The predicted octanol–water partition coefficient (Wildman–Crippen LogP) is 0.672. The lowest BCUT2D eigenvalue weighted by atomic mass is 10.2. The number of imidazole rings is 1. The Morgan fingerprint density at radius 2 is 2.25 bits per heavy atom. The Kier molecular flexibility index (Phi) is 3.89. The fourth-order valence-electron chi connectivity index (χ4n) is 2.83. The van der Waals surface area contributed by atoms with E-state index < -0.39 is 18.4 Å². The van der Waals surface area contributed by atoms with E-state index in [1.807, 2.05) is 12.1 Å². The van der Waals surface area contributed by atoms with Crippen LogP contribution in [0.15, 0.2) is 35.5 Å². The maximum absolute atomic E-state index is 9.90. The van der Waals surface area contributed by atoms with Gasteiger partial charge in [0.2, 0.25) is 0 Å². The molecule has 126 valence electrons. The molecule has 3 unspecified atom stereocenters. The van der Waals surface area contributed by atoms with Gasteiger partial charge in [0.05, 0.1) is 31.8 Å². The molecule has 0 saturated carbocycles. The molecule has 0 radical (unpaired) electrons. The first kappa shape index (κ1) is 15.1. The third-order valence-corrected chi connectivity index (χ3v) is 4.06. The zero-order valence-corrected chi connectivity index (χ0v) is 12.7. The van der Waals surface area contributed by atoms with E-state index in [1.54, 1.807) is 17.2 Å². The Hall–Kier alpha value is -2.49. The van der Waals surface area contributed by atoms with Gasteiger partial charge in [-0.1, -0.05) is 0 Å². The van der Waals surface area contributed by atoms with Crippen LogP contribution in [0.1, 0.15) is 18.4 Å².